The third-order valence-electron chi connectivity index (χ3n) is 5.23. The molecule has 4 rings (SSSR count). The Kier molecular flexibility index (Phi) is 6.68. The van der Waals surface area contributed by atoms with Gasteiger partial charge >= 0.3 is 0 Å². The predicted molar refractivity (Wildman–Crippen MR) is 120 cm³/mol. The number of hydrogen-bond acceptors (Lipinski definition) is 4. The van der Waals surface area contributed by atoms with Gasteiger partial charge in [-0.25, -0.2) is 13.5 Å². The van der Waals surface area contributed by atoms with Gasteiger partial charge in [0.2, 0.25) is 0 Å². The quantitative estimate of drug-likeness (QED) is 0.393. The number of hydrogen-bond donors (Lipinski definition) is 0. The van der Waals surface area contributed by atoms with Gasteiger partial charge < -0.3 is 4.74 Å². The van der Waals surface area contributed by atoms with Gasteiger partial charge in [-0.3, -0.25) is 9.88 Å². The smallest absolute Gasteiger partial charge is 0.132 e. The van der Waals surface area contributed by atoms with Crippen molar-refractivity contribution < 1.29 is 13.5 Å². The highest BCUT2D eigenvalue weighted by Gasteiger charge is 2.19. The monoisotopic (exact) mass is 434 g/mol. The number of pyridine rings is 1. The lowest BCUT2D eigenvalue weighted by Gasteiger charge is -2.17. The lowest BCUT2D eigenvalue weighted by atomic mass is 10.1. The molecule has 0 amide bonds. The summed E-state index contributed by atoms with van der Waals surface area (Å²) < 4.78 is 35.7. The molecular weight excluding hydrogens is 410 g/mol. The van der Waals surface area contributed by atoms with E-state index in [-0.39, 0.29) is 11.6 Å². The third-order valence-corrected chi connectivity index (χ3v) is 5.23. The van der Waals surface area contributed by atoms with Crippen LogP contribution in [0.3, 0.4) is 0 Å². The molecule has 0 N–H and O–H groups in total. The summed E-state index contributed by atoms with van der Waals surface area (Å²) in [6.45, 7) is 1.91. The minimum absolute atomic E-state index is 0.328. The molecule has 0 bridgehead atoms. The summed E-state index contributed by atoms with van der Waals surface area (Å²) in [5.74, 6) is -0.661. The molecule has 0 saturated heterocycles. The van der Waals surface area contributed by atoms with E-state index in [2.05, 4.69) is 15.0 Å². The molecule has 4 aromatic rings. The van der Waals surface area contributed by atoms with E-state index in [4.69, 9.17) is 4.74 Å². The second kappa shape index (κ2) is 9.80. The maximum atomic E-state index is 14.8. The van der Waals surface area contributed by atoms with Crippen LogP contribution in [-0.4, -0.2) is 47.0 Å². The van der Waals surface area contributed by atoms with Crippen LogP contribution < -0.4 is 0 Å². The van der Waals surface area contributed by atoms with Crippen molar-refractivity contribution in [3.8, 4) is 28.2 Å². The summed E-state index contributed by atoms with van der Waals surface area (Å²) in [6, 6.07) is 16.7. The highest BCUT2D eigenvalue weighted by molar-refractivity contribution is 5.67. The molecule has 7 heteroatoms. The molecule has 0 saturated carbocycles. The van der Waals surface area contributed by atoms with Crippen molar-refractivity contribution in [1.29, 1.82) is 0 Å². The fraction of sp³-hybridized carbons (Fsp3) is 0.200. The third kappa shape index (κ3) is 4.59. The highest BCUT2D eigenvalue weighted by Crippen LogP contribution is 2.30. The Bertz CT molecular complexity index is 1190. The second-order valence-corrected chi connectivity index (χ2v) is 7.52. The molecule has 0 radical (unpaired) electrons. The molecule has 2 heterocycles. The summed E-state index contributed by atoms with van der Waals surface area (Å²) in [5, 5.41) is 4.54. The number of rotatable bonds is 8. The van der Waals surface area contributed by atoms with E-state index < -0.39 is 0 Å². The Morgan fingerprint density at radius 1 is 0.906 bits per heavy atom. The van der Waals surface area contributed by atoms with Crippen molar-refractivity contribution >= 4 is 0 Å². The van der Waals surface area contributed by atoms with Crippen LogP contribution in [0.15, 0.2) is 73.1 Å². The fourth-order valence-electron chi connectivity index (χ4n) is 3.59. The number of nitrogens with zero attached hydrogens (tertiary/aromatic N) is 4. The van der Waals surface area contributed by atoms with Gasteiger partial charge in [0.05, 0.1) is 36.1 Å². The number of halogens is 2. The molecule has 0 aliphatic rings. The standard InChI is InChI=1S/C25H24F2N4O/c1-30(13-14-32-2)17-18-15-29-31(25(18)21-8-4-6-10-23(21)27)19-11-12-24(28-16-19)20-7-3-5-9-22(20)26/h3-12,15-16H,13-14,17H2,1-2H3. The number of methoxy groups -OCH3 is 1. The van der Waals surface area contributed by atoms with Crippen molar-refractivity contribution in [2.45, 2.75) is 6.54 Å². The zero-order valence-electron chi connectivity index (χ0n) is 18.0. The summed E-state index contributed by atoms with van der Waals surface area (Å²) in [5.41, 5.74) is 3.60. The van der Waals surface area contributed by atoms with Crippen molar-refractivity contribution in [1.82, 2.24) is 19.7 Å². The van der Waals surface area contributed by atoms with Gasteiger partial charge in [0.1, 0.15) is 11.6 Å². The van der Waals surface area contributed by atoms with E-state index in [0.717, 1.165) is 12.1 Å². The largest absolute Gasteiger partial charge is 0.383 e. The SMILES string of the molecule is COCCN(C)Cc1cnn(-c2ccc(-c3ccccc3F)nc2)c1-c1ccccc1F. The lowest BCUT2D eigenvalue weighted by Crippen LogP contribution is -2.22. The van der Waals surface area contributed by atoms with Gasteiger partial charge in [0.25, 0.3) is 0 Å². The Morgan fingerprint density at radius 3 is 2.22 bits per heavy atom. The van der Waals surface area contributed by atoms with E-state index in [0.29, 0.717) is 41.4 Å². The van der Waals surface area contributed by atoms with Crippen LogP contribution in [0.5, 0.6) is 0 Å². The van der Waals surface area contributed by atoms with Crippen LogP contribution in [-0.2, 0) is 11.3 Å². The summed E-state index contributed by atoms with van der Waals surface area (Å²) in [7, 11) is 3.64. The number of ether oxygens (including phenoxy) is 1. The molecule has 2 aromatic heterocycles. The van der Waals surface area contributed by atoms with Crippen molar-refractivity contribution in [3.63, 3.8) is 0 Å². The Balaban J connectivity index is 1.74. The average molecular weight is 434 g/mol. The topological polar surface area (TPSA) is 43.2 Å². The van der Waals surface area contributed by atoms with E-state index in [1.807, 2.05) is 13.1 Å². The molecule has 0 atom stereocenters. The minimum Gasteiger partial charge on any atom is -0.383 e. The summed E-state index contributed by atoms with van der Waals surface area (Å²) in [6.07, 6.45) is 3.37. The van der Waals surface area contributed by atoms with Crippen molar-refractivity contribution in [2.24, 2.45) is 0 Å². The van der Waals surface area contributed by atoms with Crippen LogP contribution in [0.1, 0.15) is 5.56 Å². The first-order chi connectivity index (χ1) is 15.6. The van der Waals surface area contributed by atoms with Crippen molar-refractivity contribution in [2.75, 3.05) is 27.3 Å². The molecule has 5 nitrogen and oxygen atoms in total. The first-order valence-corrected chi connectivity index (χ1v) is 10.3. The number of benzene rings is 2. The molecule has 0 fully saturated rings. The Hall–Kier alpha value is -3.42. The normalized spacial score (nSPS) is 11.3. The molecule has 0 spiro atoms. The van der Waals surface area contributed by atoms with Crippen LogP contribution in [0.25, 0.3) is 28.2 Å². The van der Waals surface area contributed by atoms with Gasteiger partial charge in [0.15, 0.2) is 0 Å². The molecule has 32 heavy (non-hydrogen) atoms. The maximum absolute atomic E-state index is 14.8. The van der Waals surface area contributed by atoms with E-state index in [9.17, 15) is 8.78 Å². The van der Waals surface area contributed by atoms with Gasteiger partial charge in [0, 0.05) is 36.9 Å². The van der Waals surface area contributed by atoms with Gasteiger partial charge in [-0.15, -0.1) is 0 Å². The van der Waals surface area contributed by atoms with E-state index in [1.54, 1.807) is 66.6 Å². The first kappa shape index (κ1) is 21.8. The van der Waals surface area contributed by atoms with Crippen LogP contribution in [0.2, 0.25) is 0 Å². The van der Waals surface area contributed by atoms with Crippen LogP contribution >= 0.6 is 0 Å². The first-order valence-electron chi connectivity index (χ1n) is 10.3. The number of aromatic nitrogens is 3. The fourth-order valence-corrected chi connectivity index (χ4v) is 3.59. The minimum atomic E-state index is -0.333. The second-order valence-electron chi connectivity index (χ2n) is 7.52. The summed E-state index contributed by atoms with van der Waals surface area (Å²) in [4.78, 5) is 6.52. The molecule has 164 valence electrons. The molecule has 0 aliphatic heterocycles. The lowest BCUT2D eigenvalue weighted by molar-refractivity contribution is 0.158. The highest BCUT2D eigenvalue weighted by atomic mass is 19.1. The average Bonchev–Trinajstić information content (AvgIpc) is 3.21. The maximum Gasteiger partial charge on any atom is 0.132 e. The molecular formula is C25H24F2N4O. The predicted octanol–water partition coefficient (Wildman–Crippen LogP) is 4.96. The van der Waals surface area contributed by atoms with E-state index >= 15 is 0 Å². The van der Waals surface area contributed by atoms with Crippen molar-refractivity contribution in [3.05, 3.63) is 90.3 Å². The molecule has 0 unspecified atom stereocenters. The molecule has 0 aliphatic carbocycles. The van der Waals surface area contributed by atoms with Gasteiger partial charge in [-0.05, 0) is 43.4 Å². The van der Waals surface area contributed by atoms with Gasteiger partial charge in [-0.1, -0.05) is 24.3 Å². The molecule has 2 aromatic carbocycles. The zero-order valence-corrected chi connectivity index (χ0v) is 18.0. The zero-order chi connectivity index (χ0) is 22.5. The van der Waals surface area contributed by atoms with Gasteiger partial charge in [-0.2, -0.15) is 5.10 Å². The summed E-state index contributed by atoms with van der Waals surface area (Å²) >= 11 is 0. The van der Waals surface area contributed by atoms with Crippen LogP contribution in [0.4, 0.5) is 8.78 Å². The van der Waals surface area contributed by atoms with Crippen LogP contribution in [0, 0.1) is 11.6 Å². The Labute approximate surface area is 185 Å². The van der Waals surface area contributed by atoms with E-state index in [1.165, 1.54) is 12.1 Å². The number of likely N-dealkylation sites (N-methyl/N-ethyl adjacent to an activating group) is 1. The Morgan fingerprint density at radius 2 is 1.59 bits per heavy atom.